The minimum atomic E-state index is -3.35. The maximum atomic E-state index is 12.7. The monoisotopic (exact) mass is 328 g/mol. The Labute approximate surface area is 137 Å². The van der Waals surface area contributed by atoms with Crippen molar-refractivity contribution in [3.05, 3.63) is 66.2 Å². The lowest BCUT2D eigenvalue weighted by atomic mass is 9.91. The zero-order valence-electron chi connectivity index (χ0n) is 12.9. The molecule has 0 radical (unpaired) electrons. The number of likely N-dealkylation sites (tertiary alicyclic amines) is 1. The highest BCUT2D eigenvalue weighted by molar-refractivity contribution is 7.89. The van der Waals surface area contributed by atoms with Gasteiger partial charge in [-0.3, -0.25) is 4.90 Å². The SMILES string of the molecule is O=S(=O)(c1ccccc1)N1CC2CN(Cc3ccccc3)C2C1. The fourth-order valence-corrected chi connectivity index (χ4v) is 5.18. The molecule has 0 aliphatic carbocycles. The maximum absolute atomic E-state index is 12.7. The first-order valence-corrected chi connectivity index (χ1v) is 9.42. The van der Waals surface area contributed by atoms with Crippen molar-refractivity contribution >= 4 is 10.0 Å². The summed E-state index contributed by atoms with van der Waals surface area (Å²) in [6.07, 6.45) is 0. The predicted octanol–water partition coefficient (Wildman–Crippen LogP) is 2.19. The molecule has 120 valence electrons. The molecule has 2 aliphatic rings. The molecule has 0 bridgehead atoms. The molecule has 4 rings (SSSR count). The second-order valence-electron chi connectivity index (χ2n) is 6.38. The molecule has 2 saturated heterocycles. The van der Waals surface area contributed by atoms with Gasteiger partial charge in [-0.25, -0.2) is 8.42 Å². The van der Waals surface area contributed by atoms with Crippen molar-refractivity contribution < 1.29 is 8.42 Å². The van der Waals surface area contributed by atoms with Gasteiger partial charge in [-0.15, -0.1) is 0 Å². The van der Waals surface area contributed by atoms with Crippen LogP contribution in [0.3, 0.4) is 0 Å². The number of rotatable bonds is 4. The van der Waals surface area contributed by atoms with E-state index in [1.165, 1.54) is 5.56 Å². The third-order valence-electron chi connectivity index (χ3n) is 4.92. The molecule has 2 atom stereocenters. The molecule has 2 aromatic carbocycles. The van der Waals surface area contributed by atoms with Crippen molar-refractivity contribution in [3.8, 4) is 0 Å². The minimum Gasteiger partial charge on any atom is -0.294 e. The first-order valence-electron chi connectivity index (χ1n) is 7.98. The van der Waals surface area contributed by atoms with Gasteiger partial charge in [0, 0.05) is 38.1 Å². The van der Waals surface area contributed by atoms with E-state index in [-0.39, 0.29) is 0 Å². The summed E-state index contributed by atoms with van der Waals surface area (Å²) in [5, 5.41) is 0. The summed E-state index contributed by atoms with van der Waals surface area (Å²) in [4.78, 5) is 2.79. The molecule has 0 saturated carbocycles. The number of hydrogen-bond acceptors (Lipinski definition) is 3. The highest BCUT2D eigenvalue weighted by atomic mass is 32.2. The van der Waals surface area contributed by atoms with Crippen molar-refractivity contribution in [2.45, 2.75) is 17.5 Å². The molecule has 2 aliphatic heterocycles. The second-order valence-corrected chi connectivity index (χ2v) is 8.32. The summed E-state index contributed by atoms with van der Waals surface area (Å²) in [6.45, 7) is 3.14. The number of fused-ring (bicyclic) bond motifs is 1. The van der Waals surface area contributed by atoms with Gasteiger partial charge in [0.2, 0.25) is 10.0 Å². The molecule has 0 amide bonds. The summed E-state index contributed by atoms with van der Waals surface area (Å²) in [7, 11) is -3.35. The van der Waals surface area contributed by atoms with E-state index in [1.54, 1.807) is 28.6 Å². The zero-order valence-corrected chi connectivity index (χ0v) is 13.7. The lowest BCUT2D eigenvalue weighted by Gasteiger charge is -2.43. The van der Waals surface area contributed by atoms with E-state index in [4.69, 9.17) is 0 Å². The van der Waals surface area contributed by atoms with Crippen LogP contribution in [0.1, 0.15) is 5.56 Å². The van der Waals surface area contributed by atoms with Gasteiger partial charge in [0.15, 0.2) is 0 Å². The summed E-state index contributed by atoms with van der Waals surface area (Å²) >= 11 is 0. The van der Waals surface area contributed by atoms with Crippen LogP contribution in [0.15, 0.2) is 65.6 Å². The van der Waals surface area contributed by atoms with Gasteiger partial charge in [0.25, 0.3) is 0 Å². The van der Waals surface area contributed by atoms with Gasteiger partial charge in [0.05, 0.1) is 4.90 Å². The fourth-order valence-electron chi connectivity index (χ4n) is 3.64. The molecule has 2 fully saturated rings. The average molecular weight is 328 g/mol. The number of benzene rings is 2. The van der Waals surface area contributed by atoms with Gasteiger partial charge in [-0.2, -0.15) is 4.31 Å². The smallest absolute Gasteiger partial charge is 0.243 e. The third-order valence-corrected chi connectivity index (χ3v) is 6.77. The summed E-state index contributed by atoms with van der Waals surface area (Å²) < 4.78 is 27.1. The van der Waals surface area contributed by atoms with E-state index < -0.39 is 10.0 Å². The Morgan fingerprint density at radius 3 is 2.22 bits per heavy atom. The van der Waals surface area contributed by atoms with E-state index in [0.717, 1.165) is 13.1 Å². The highest BCUT2D eigenvalue weighted by Crippen LogP contribution is 2.36. The van der Waals surface area contributed by atoms with Crippen LogP contribution in [0.4, 0.5) is 0 Å². The Morgan fingerprint density at radius 1 is 0.870 bits per heavy atom. The fraction of sp³-hybridized carbons (Fsp3) is 0.333. The molecule has 2 aromatic rings. The maximum Gasteiger partial charge on any atom is 0.243 e. The van der Waals surface area contributed by atoms with Crippen LogP contribution in [-0.2, 0) is 16.6 Å². The Hall–Kier alpha value is -1.69. The largest absolute Gasteiger partial charge is 0.294 e. The topological polar surface area (TPSA) is 40.6 Å². The molecule has 2 unspecified atom stereocenters. The highest BCUT2D eigenvalue weighted by Gasteiger charge is 2.48. The van der Waals surface area contributed by atoms with Crippen molar-refractivity contribution in [3.63, 3.8) is 0 Å². The molecule has 2 heterocycles. The molecule has 23 heavy (non-hydrogen) atoms. The van der Waals surface area contributed by atoms with E-state index in [2.05, 4.69) is 17.0 Å². The molecule has 0 N–H and O–H groups in total. The second kappa shape index (κ2) is 5.74. The van der Waals surface area contributed by atoms with Gasteiger partial charge in [0.1, 0.15) is 0 Å². The van der Waals surface area contributed by atoms with Crippen LogP contribution < -0.4 is 0 Å². The molecular formula is C18H20N2O2S. The molecule has 5 heteroatoms. The van der Waals surface area contributed by atoms with Crippen LogP contribution in [0, 0.1) is 5.92 Å². The number of sulfonamides is 1. The molecule has 0 spiro atoms. The van der Waals surface area contributed by atoms with Crippen LogP contribution >= 0.6 is 0 Å². The summed E-state index contributed by atoms with van der Waals surface area (Å²) in [5.41, 5.74) is 1.29. The summed E-state index contributed by atoms with van der Waals surface area (Å²) in [6, 6.07) is 19.5. The van der Waals surface area contributed by atoms with Crippen LogP contribution in [0.25, 0.3) is 0 Å². The first-order chi connectivity index (χ1) is 11.1. The van der Waals surface area contributed by atoms with E-state index in [0.29, 0.717) is 29.9 Å². The van der Waals surface area contributed by atoms with Crippen LogP contribution in [-0.4, -0.2) is 43.3 Å². The molecule has 4 nitrogen and oxygen atoms in total. The van der Waals surface area contributed by atoms with Crippen molar-refractivity contribution in [2.24, 2.45) is 5.92 Å². The Kier molecular flexibility index (Phi) is 3.71. The van der Waals surface area contributed by atoms with Crippen molar-refractivity contribution in [2.75, 3.05) is 19.6 Å². The van der Waals surface area contributed by atoms with Crippen molar-refractivity contribution in [1.82, 2.24) is 9.21 Å². The normalized spacial score (nSPS) is 25.0. The number of nitrogens with zero attached hydrogens (tertiary/aromatic N) is 2. The molecule has 0 aromatic heterocycles. The van der Waals surface area contributed by atoms with Gasteiger partial charge >= 0.3 is 0 Å². The average Bonchev–Trinajstić information content (AvgIpc) is 2.92. The van der Waals surface area contributed by atoms with Crippen molar-refractivity contribution in [1.29, 1.82) is 0 Å². The Bertz CT molecular complexity index is 777. The van der Waals surface area contributed by atoms with E-state index in [9.17, 15) is 8.42 Å². The van der Waals surface area contributed by atoms with E-state index in [1.807, 2.05) is 24.3 Å². The van der Waals surface area contributed by atoms with Crippen LogP contribution in [0.5, 0.6) is 0 Å². The Balaban J connectivity index is 1.46. The molecular weight excluding hydrogens is 308 g/mol. The zero-order chi connectivity index (χ0) is 15.9. The Morgan fingerprint density at radius 2 is 1.52 bits per heavy atom. The quantitative estimate of drug-likeness (QED) is 0.864. The number of hydrogen-bond donors (Lipinski definition) is 0. The standard InChI is InChI=1S/C18H20N2O2S/c21-23(22,17-9-5-2-6-10-17)20-13-16-12-19(18(16)14-20)11-15-7-3-1-4-8-15/h1-10,16,18H,11-14H2. The van der Waals surface area contributed by atoms with Gasteiger partial charge < -0.3 is 0 Å². The lowest BCUT2D eigenvalue weighted by molar-refractivity contribution is 0.0435. The lowest BCUT2D eigenvalue weighted by Crippen LogP contribution is -2.54. The predicted molar refractivity (Wildman–Crippen MR) is 89.3 cm³/mol. The van der Waals surface area contributed by atoms with Gasteiger partial charge in [-0.05, 0) is 17.7 Å². The minimum absolute atomic E-state index is 0.355. The van der Waals surface area contributed by atoms with E-state index >= 15 is 0 Å². The van der Waals surface area contributed by atoms with Crippen LogP contribution in [0.2, 0.25) is 0 Å². The summed E-state index contributed by atoms with van der Waals surface area (Å²) in [5.74, 6) is 0.470. The first kappa shape index (κ1) is 14.9. The van der Waals surface area contributed by atoms with Gasteiger partial charge in [-0.1, -0.05) is 48.5 Å². The third kappa shape index (κ3) is 2.69.